The molecule has 110 valence electrons. The van der Waals surface area contributed by atoms with Crippen LogP contribution in [-0.2, 0) is 0 Å². The van der Waals surface area contributed by atoms with Gasteiger partial charge in [-0.05, 0) is 49.2 Å². The lowest BCUT2D eigenvalue weighted by atomic mass is 10.1. The Labute approximate surface area is 134 Å². The molecule has 2 aromatic carbocycles. The maximum atomic E-state index is 6.00. The van der Waals surface area contributed by atoms with Crippen molar-refractivity contribution in [1.82, 2.24) is 4.98 Å². The summed E-state index contributed by atoms with van der Waals surface area (Å²) in [4.78, 5) is 4.32. The quantitative estimate of drug-likeness (QED) is 0.549. The fourth-order valence-electron chi connectivity index (χ4n) is 2.36. The monoisotopic (exact) mass is 309 g/mol. The number of pyridine rings is 1. The van der Waals surface area contributed by atoms with E-state index in [1.165, 1.54) is 11.1 Å². The standard InChI is InChI=1S/C18H16ClN3/c1-12-3-4-14(13(2)9-12)11-21-22-17-7-8-20-18-10-15(19)5-6-16(17)18/h3-11H,1-2H3,(H,20,22)/b21-11-. The van der Waals surface area contributed by atoms with Crippen LogP contribution in [0.5, 0.6) is 0 Å². The van der Waals surface area contributed by atoms with E-state index in [1.54, 1.807) is 6.20 Å². The number of anilines is 1. The van der Waals surface area contributed by atoms with Crippen LogP contribution < -0.4 is 5.43 Å². The van der Waals surface area contributed by atoms with Gasteiger partial charge in [0.1, 0.15) is 0 Å². The van der Waals surface area contributed by atoms with E-state index in [2.05, 4.69) is 47.6 Å². The number of rotatable bonds is 3. The van der Waals surface area contributed by atoms with Gasteiger partial charge in [-0.3, -0.25) is 10.4 Å². The number of hydrazone groups is 1. The summed E-state index contributed by atoms with van der Waals surface area (Å²) in [5.41, 5.74) is 8.39. The lowest BCUT2D eigenvalue weighted by Gasteiger charge is -2.06. The lowest BCUT2D eigenvalue weighted by Crippen LogP contribution is -1.94. The zero-order chi connectivity index (χ0) is 15.5. The van der Waals surface area contributed by atoms with E-state index in [0.29, 0.717) is 5.02 Å². The Kier molecular flexibility index (Phi) is 4.07. The summed E-state index contributed by atoms with van der Waals surface area (Å²) in [5, 5.41) is 6.01. The van der Waals surface area contributed by atoms with Gasteiger partial charge in [0, 0.05) is 16.6 Å². The molecule has 4 heteroatoms. The number of hydrogen-bond acceptors (Lipinski definition) is 3. The number of fused-ring (bicyclic) bond motifs is 1. The molecule has 0 fully saturated rings. The Bertz CT molecular complexity index is 856. The molecule has 1 heterocycles. The Morgan fingerprint density at radius 3 is 2.77 bits per heavy atom. The molecule has 22 heavy (non-hydrogen) atoms. The van der Waals surface area contributed by atoms with Gasteiger partial charge in [-0.2, -0.15) is 5.10 Å². The van der Waals surface area contributed by atoms with Crippen LogP contribution in [0.2, 0.25) is 5.02 Å². The molecular weight excluding hydrogens is 294 g/mol. The van der Waals surface area contributed by atoms with E-state index in [-0.39, 0.29) is 0 Å². The van der Waals surface area contributed by atoms with Crippen LogP contribution in [0.15, 0.2) is 53.8 Å². The number of nitrogens with one attached hydrogen (secondary N) is 1. The van der Waals surface area contributed by atoms with Crippen LogP contribution >= 0.6 is 11.6 Å². The van der Waals surface area contributed by atoms with E-state index in [9.17, 15) is 0 Å². The van der Waals surface area contributed by atoms with Gasteiger partial charge in [-0.1, -0.05) is 35.4 Å². The van der Waals surface area contributed by atoms with Gasteiger partial charge in [0.05, 0.1) is 17.4 Å². The summed E-state index contributed by atoms with van der Waals surface area (Å²) in [5.74, 6) is 0. The highest BCUT2D eigenvalue weighted by Crippen LogP contribution is 2.24. The van der Waals surface area contributed by atoms with Gasteiger partial charge in [-0.25, -0.2) is 0 Å². The summed E-state index contributed by atoms with van der Waals surface area (Å²) in [7, 11) is 0. The van der Waals surface area contributed by atoms with E-state index in [0.717, 1.165) is 22.2 Å². The molecule has 0 saturated heterocycles. The van der Waals surface area contributed by atoms with E-state index in [4.69, 9.17) is 11.6 Å². The molecule has 0 saturated carbocycles. The Balaban J connectivity index is 1.86. The van der Waals surface area contributed by atoms with Crippen molar-refractivity contribution in [2.75, 3.05) is 5.43 Å². The van der Waals surface area contributed by atoms with Crippen molar-refractivity contribution in [3.63, 3.8) is 0 Å². The molecule has 1 N–H and O–H groups in total. The molecule has 0 atom stereocenters. The predicted octanol–water partition coefficient (Wildman–Crippen LogP) is 4.95. The van der Waals surface area contributed by atoms with Crippen molar-refractivity contribution >= 4 is 34.4 Å². The van der Waals surface area contributed by atoms with Gasteiger partial charge in [0.25, 0.3) is 0 Å². The number of benzene rings is 2. The molecule has 0 unspecified atom stereocenters. The van der Waals surface area contributed by atoms with Gasteiger partial charge in [-0.15, -0.1) is 0 Å². The average Bonchev–Trinajstić information content (AvgIpc) is 2.49. The zero-order valence-electron chi connectivity index (χ0n) is 12.5. The molecule has 0 amide bonds. The van der Waals surface area contributed by atoms with E-state index >= 15 is 0 Å². The zero-order valence-corrected chi connectivity index (χ0v) is 13.2. The fraction of sp³-hybridized carbons (Fsp3) is 0.111. The number of aromatic nitrogens is 1. The van der Waals surface area contributed by atoms with Crippen molar-refractivity contribution in [3.8, 4) is 0 Å². The second-order valence-electron chi connectivity index (χ2n) is 5.25. The Hall–Kier alpha value is -2.39. The molecule has 3 aromatic rings. The number of aryl methyl sites for hydroxylation is 2. The van der Waals surface area contributed by atoms with Crippen molar-refractivity contribution in [1.29, 1.82) is 0 Å². The largest absolute Gasteiger partial charge is 0.278 e. The number of hydrogen-bond donors (Lipinski definition) is 1. The number of nitrogens with zero attached hydrogens (tertiary/aromatic N) is 2. The summed E-state index contributed by atoms with van der Waals surface area (Å²) in [6.07, 6.45) is 3.57. The van der Waals surface area contributed by atoms with Crippen molar-refractivity contribution in [2.45, 2.75) is 13.8 Å². The molecule has 0 aliphatic rings. The maximum absolute atomic E-state index is 6.00. The molecule has 3 nitrogen and oxygen atoms in total. The van der Waals surface area contributed by atoms with Crippen LogP contribution in [0.25, 0.3) is 10.9 Å². The predicted molar refractivity (Wildman–Crippen MR) is 93.9 cm³/mol. The first kappa shape index (κ1) is 14.5. The summed E-state index contributed by atoms with van der Waals surface area (Å²) < 4.78 is 0. The third-order valence-corrected chi connectivity index (χ3v) is 3.75. The van der Waals surface area contributed by atoms with Crippen LogP contribution in [0.1, 0.15) is 16.7 Å². The molecular formula is C18H16ClN3. The third kappa shape index (κ3) is 3.10. The highest BCUT2D eigenvalue weighted by molar-refractivity contribution is 6.31. The smallest absolute Gasteiger partial charge is 0.0738 e. The summed E-state index contributed by atoms with van der Waals surface area (Å²) >= 11 is 6.00. The third-order valence-electron chi connectivity index (χ3n) is 3.52. The topological polar surface area (TPSA) is 37.3 Å². The Morgan fingerprint density at radius 1 is 1.09 bits per heavy atom. The van der Waals surface area contributed by atoms with Crippen LogP contribution in [0.4, 0.5) is 5.69 Å². The molecule has 3 rings (SSSR count). The SMILES string of the molecule is Cc1ccc(/C=N\Nc2ccnc3cc(Cl)ccc23)c(C)c1. The second-order valence-corrected chi connectivity index (χ2v) is 5.69. The van der Waals surface area contributed by atoms with Crippen LogP contribution in [0.3, 0.4) is 0 Å². The van der Waals surface area contributed by atoms with E-state index in [1.807, 2.05) is 30.5 Å². The molecule has 0 radical (unpaired) electrons. The molecule has 0 aliphatic heterocycles. The molecule has 1 aromatic heterocycles. The van der Waals surface area contributed by atoms with Gasteiger partial charge < -0.3 is 0 Å². The van der Waals surface area contributed by atoms with Crippen molar-refractivity contribution < 1.29 is 0 Å². The second kappa shape index (κ2) is 6.16. The van der Waals surface area contributed by atoms with Crippen LogP contribution in [0, 0.1) is 13.8 Å². The highest BCUT2D eigenvalue weighted by atomic mass is 35.5. The van der Waals surface area contributed by atoms with Gasteiger partial charge in [0.15, 0.2) is 0 Å². The average molecular weight is 310 g/mol. The highest BCUT2D eigenvalue weighted by Gasteiger charge is 2.01. The van der Waals surface area contributed by atoms with Gasteiger partial charge >= 0.3 is 0 Å². The fourth-order valence-corrected chi connectivity index (χ4v) is 2.53. The first-order valence-corrected chi connectivity index (χ1v) is 7.42. The van der Waals surface area contributed by atoms with Gasteiger partial charge in [0.2, 0.25) is 0 Å². The summed E-state index contributed by atoms with van der Waals surface area (Å²) in [6, 6.07) is 13.8. The first-order chi connectivity index (χ1) is 10.6. The van der Waals surface area contributed by atoms with Crippen molar-refractivity contribution in [2.24, 2.45) is 5.10 Å². The molecule has 0 spiro atoms. The van der Waals surface area contributed by atoms with Crippen molar-refractivity contribution in [3.05, 3.63) is 70.4 Å². The first-order valence-electron chi connectivity index (χ1n) is 7.04. The summed E-state index contributed by atoms with van der Waals surface area (Å²) in [6.45, 7) is 4.17. The minimum Gasteiger partial charge on any atom is -0.278 e. The normalized spacial score (nSPS) is 11.2. The van der Waals surface area contributed by atoms with E-state index < -0.39 is 0 Å². The molecule has 0 aliphatic carbocycles. The van der Waals surface area contributed by atoms with Crippen LogP contribution in [-0.4, -0.2) is 11.2 Å². The Morgan fingerprint density at radius 2 is 1.95 bits per heavy atom. The minimum absolute atomic E-state index is 0.677. The molecule has 0 bridgehead atoms. The number of halogens is 1. The maximum Gasteiger partial charge on any atom is 0.0738 e. The minimum atomic E-state index is 0.677. The lowest BCUT2D eigenvalue weighted by molar-refractivity contribution is 1.32.